The second-order valence-corrected chi connectivity index (χ2v) is 8.55. The summed E-state index contributed by atoms with van der Waals surface area (Å²) in [4.78, 5) is 24.1. The molecule has 2 atom stereocenters. The van der Waals surface area contributed by atoms with Crippen LogP contribution in [0.15, 0.2) is 34.9 Å². The molecule has 1 aromatic carbocycles. The lowest BCUT2D eigenvalue weighted by molar-refractivity contribution is 0.0945. The van der Waals surface area contributed by atoms with Gasteiger partial charge < -0.3 is 5.73 Å². The Hall–Kier alpha value is -0.690. The smallest absolute Gasteiger partial charge is 0.163 e. The van der Waals surface area contributed by atoms with E-state index in [1.165, 1.54) is 6.92 Å². The first-order chi connectivity index (χ1) is 9.65. The number of allylic oxidation sites excluding steroid dienone is 1. The summed E-state index contributed by atoms with van der Waals surface area (Å²) >= 11 is 5.51. The van der Waals surface area contributed by atoms with Crippen molar-refractivity contribution in [2.45, 2.75) is 30.6 Å². The fourth-order valence-corrected chi connectivity index (χ4v) is 3.49. The van der Waals surface area contributed by atoms with Gasteiger partial charge in [0.05, 0.1) is 4.61 Å². The molecule has 0 aliphatic rings. The highest BCUT2D eigenvalue weighted by molar-refractivity contribution is 14.1. The van der Waals surface area contributed by atoms with Crippen molar-refractivity contribution in [3.05, 3.63) is 46.1 Å². The topological polar surface area (TPSA) is 60.2 Å². The Kier molecular flexibility index (Phi) is 6.59. The van der Waals surface area contributed by atoms with Crippen LogP contribution in [0.4, 0.5) is 0 Å². The monoisotopic (exact) mass is 463 g/mol. The van der Waals surface area contributed by atoms with Crippen molar-refractivity contribution in [2.75, 3.05) is 0 Å². The first-order valence-corrected chi connectivity index (χ1v) is 8.48. The van der Waals surface area contributed by atoms with Crippen LogP contribution in [-0.4, -0.2) is 15.0 Å². The summed E-state index contributed by atoms with van der Waals surface area (Å²) in [6, 6.07) is 6.96. The highest BCUT2D eigenvalue weighted by Gasteiger charge is 2.28. The molecule has 0 heterocycles. The molecule has 0 spiro atoms. The van der Waals surface area contributed by atoms with Gasteiger partial charge in [-0.05, 0) is 41.8 Å². The number of carbonyl (C=O) groups is 2. The van der Waals surface area contributed by atoms with Crippen molar-refractivity contribution in [3.8, 4) is 0 Å². The number of benzene rings is 1. The summed E-state index contributed by atoms with van der Waals surface area (Å²) in [5, 5.41) is 0. The van der Waals surface area contributed by atoms with E-state index >= 15 is 0 Å². The number of alkyl halides is 1. The molecule has 0 saturated carbocycles. The average molecular weight is 464 g/mol. The minimum atomic E-state index is -0.244. The molecular weight excluding hydrogens is 445 g/mol. The molecule has 0 radical (unpaired) electrons. The Bertz CT molecular complexity index is 577. The molecular formula is C16H19BrINO2. The number of hydrogen-bond donors (Lipinski definition) is 1. The summed E-state index contributed by atoms with van der Waals surface area (Å²) in [5.74, 6) is -0.0205. The first-order valence-electron chi connectivity index (χ1n) is 6.61. The zero-order chi connectivity index (χ0) is 16.2. The van der Waals surface area contributed by atoms with E-state index in [1.807, 2.05) is 19.9 Å². The lowest BCUT2D eigenvalue weighted by Crippen LogP contribution is -2.26. The number of halogens is 2. The van der Waals surface area contributed by atoms with Gasteiger partial charge in [-0.2, -0.15) is 0 Å². The summed E-state index contributed by atoms with van der Waals surface area (Å²) in [5.41, 5.74) is 6.65. The van der Waals surface area contributed by atoms with E-state index in [0.29, 0.717) is 22.2 Å². The minimum absolute atomic E-state index is 0.0160. The van der Waals surface area contributed by atoms with Gasteiger partial charge in [0.1, 0.15) is 0 Å². The first kappa shape index (κ1) is 18.4. The summed E-state index contributed by atoms with van der Waals surface area (Å²) < 4.78 is 0.314. The predicted octanol–water partition coefficient (Wildman–Crippen LogP) is 4.49. The van der Waals surface area contributed by atoms with E-state index < -0.39 is 0 Å². The lowest BCUT2D eigenvalue weighted by Gasteiger charge is -2.26. The minimum Gasteiger partial charge on any atom is -0.393 e. The Labute approximate surface area is 147 Å². The highest BCUT2D eigenvalue weighted by atomic mass is 127. The Morgan fingerprint density at radius 1 is 1.38 bits per heavy atom. The molecule has 1 unspecified atom stereocenters. The Morgan fingerprint density at radius 2 is 1.90 bits per heavy atom. The maximum Gasteiger partial charge on any atom is 0.163 e. The van der Waals surface area contributed by atoms with Gasteiger partial charge in [-0.15, -0.1) is 0 Å². The maximum atomic E-state index is 12.5. The summed E-state index contributed by atoms with van der Waals surface area (Å²) in [7, 11) is 0. The Balaban J connectivity index is 2.97. The fourth-order valence-electron chi connectivity index (χ4n) is 2.03. The van der Waals surface area contributed by atoms with Crippen LogP contribution in [0.25, 0.3) is 0 Å². The lowest BCUT2D eigenvalue weighted by atomic mass is 9.88. The van der Waals surface area contributed by atoms with Gasteiger partial charge in [0.25, 0.3) is 0 Å². The molecule has 0 aliphatic heterocycles. The summed E-state index contributed by atoms with van der Waals surface area (Å²) in [6.07, 6.45) is 2.25. The van der Waals surface area contributed by atoms with Gasteiger partial charge in [-0.25, -0.2) is 0 Å². The maximum absolute atomic E-state index is 12.5. The van der Waals surface area contributed by atoms with Gasteiger partial charge in [0.2, 0.25) is 0 Å². The molecule has 1 aromatic rings. The number of carbonyl (C=O) groups excluding carboxylic acids is 2. The van der Waals surface area contributed by atoms with Crippen LogP contribution < -0.4 is 5.73 Å². The highest BCUT2D eigenvalue weighted by Crippen LogP contribution is 2.34. The van der Waals surface area contributed by atoms with E-state index in [4.69, 9.17) is 5.73 Å². The van der Waals surface area contributed by atoms with Crippen LogP contribution in [-0.2, 0) is 0 Å². The quantitative estimate of drug-likeness (QED) is 0.292. The van der Waals surface area contributed by atoms with Crippen LogP contribution >= 0.6 is 38.5 Å². The van der Waals surface area contributed by atoms with Gasteiger partial charge >= 0.3 is 0 Å². The standard InChI is InChI=1S/C16H19BrINO2/c1-10(16(3,18)9-15(17)19)8-14(21)13-7-5-4-6-12(13)11(2)20/h4-7,9-10H,8,19H2,1-3H3/b15-9-/t10-,16?/m1/s1. The van der Waals surface area contributed by atoms with Crippen molar-refractivity contribution >= 4 is 50.1 Å². The van der Waals surface area contributed by atoms with Crippen LogP contribution in [0.1, 0.15) is 47.9 Å². The third-order valence-corrected chi connectivity index (χ3v) is 5.09. The third-order valence-electron chi connectivity index (χ3n) is 3.48. The van der Waals surface area contributed by atoms with Crippen molar-refractivity contribution in [1.29, 1.82) is 0 Å². The molecule has 114 valence electrons. The van der Waals surface area contributed by atoms with Gasteiger partial charge in [-0.1, -0.05) is 53.8 Å². The Morgan fingerprint density at radius 3 is 2.38 bits per heavy atom. The van der Waals surface area contributed by atoms with Crippen molar-refractivity contribution < 1.29 is 9.59 Å². The van der Waals surface area contributed by atoms with Crippen LogP contribution in [0.2, 0.25) is 0 Å². The number of rotatable bonds is 6. The van der Waals surface area contributed by atoms with Gasteiger partial charge in [0, 0.05) is 21.0 Å². The fraction of sp³-hybridized carbons (Fsp3) is 0.375. The average Bonchev–Trinajstić information content (AvgIpc) is 2.36. The molecule has 2 N–H and O–H groups in total. The molecule has 0 bridgehead atoms. The van der Waals surface area contributed by atoms with Crippen molar-refractivity contribution in [1.82, 2.24) is 0 Å². The molecule has 0 amide bonds. The molecule has 21 heavy (non-hydrogen) atoms. The molecule has 1 rings (SSSR count). The second kappa shape index (κ2) is 7.54. The zero-order valence-corrected chi connectivity index (χ0v) is 16.1. The third kappa shape index (κ3) is 5.21. The van der Waals surface area contributed by atoms with E-state index in [-0.39, 0.29) is 20.9 Å². The van der Waals surface area contributed by atoms with Crippen molar-refractivity contribution in [3.63, 3.8) is 0 Å². The predicted molar refractivity (Wildman–Crippen MR) is 98.2 cm³/mol. The van der Waals surface area contributed by atoms with Crippen molar-refractivity contribution in [2.24, 2.45) is 11.7 Å². The van der Waals surface area contributed by atoms with Crippen LogP contribution in [0.5, 0.6) is 0 Å². The van der Waals surface area contributed by atoms with E-state index in [0.717, 1.165) is 0 Å². The van der Waals surface area contributed by atoms with E-state index in [9.17, 15) is 9.59 Å². The second-order valence-electron chi connectivity index (χ2n) is 5.31. The number of ketones is 2. The van der Waals surface area contributed by atoms with Crippen LogP contribution in [0.3, 0.4) is 0 Å². The molecule has 0 fully saturated rings. The van der Waals surface area contributed by atoms with Crippen LogP contribution in [0, 0.1) is 5.92 Å². The SMILES string of the molecule is CC(=O)c1ccccc1C(=O)C[C@@H](C)C(C)(I)/C=C(\N)Br. The van der Waals surface area contributed by atoms with Gasteiger partial charge in [0.15, 0.2) is 11.6 Å². The van der Waals surface area contributed by atoms with Gasteiger partial charge in [-0.3, -0.25) is 9.59 Å². The summed E-state index contributed by atoms with van der Waals surface area (Å²) in [6.45, 7) is 5.51. The number of hydrogen-bond acceptors (Lipinski definition) is 3. The number of Topliss-reactive ketones (excluding diaryl/α,β-unsaturated/α-hetero) is 2. The molecule has 0 aliphatic carbocycles. The molecule has 0 aromatic heterocycles. The zero-order valence-electron chi connectivity index (χ0n) is 12.3. The molecule has 3 nitrogen and oxygen atoms in total. The largest absolute Gasteiger partial charge is 0.393 e. The normalized spacial score (nSPS) is 16.1. The molecule has 0 saturated heterocycles. The van der Waals surface area contributed by atoms with E-state index in [2.05, 4.69) is 38.5 Å². The van der Waals surface area contributed by atoms with E-state index in [1.54, 1.807) is 24.3 Å². The molecule has 5 heteroatoms. The number of nitrogens with two attached hydrogens (primary N) is 1.